The fourth-order valence-corrected chi connectivity index (χ4v) is 7.76. The minimum absolute atomic E-state index is 0.0308. The van der Waals surface area contributed by atoms with Gasteiger partial charge in [0.2, 0.25) is 11.8 Å². The number of likely N-dealkylation sites (tertiary alicyclic amines) is 1. The third-order valence-corrected chi connectivity index (χ3v) is 8.88. The fourth-order valence-electron chi connectivity index (χ4n) is 5.62. The van der Waals surface area contributed by atoms with Crippen molar-refractivity contribution in [3.05, 3.63) is 24.3 Å². The highest BCUT2D eigenvalue weighted by atomic mass is 32.2. The summed E-state index contributed by atoms with van der Waals surface area (Å²) in [5.74, 6) is -2.17. The van der Waals surface area contributed by atoms with Gasteiger partial charge in [0.15, 0.2) is 0 Å². The Balaban J connectivity index is 1.90. The summed E-state index contributed by atoms with van der Waals surface area (Å²) in [6.45, 7) is 8.17. The second-order valence-corrected chi connectivity index (χ2v) is 11.3. The summed E-state index contributed by atoms with van der Waals surface area (Å²) in [5, 5.41) is 9.90. The predicted molar refractivity (Wildman–Crippen MR) is 118 cm³/mol. The van der Waals surface area contributed by atoms with Crippen molar-refractivity contribution in [2.75, 3.05) is 19.8 Å². The molecule has 7 nitrogen and oxygen atoms in total. The molecule has 1 unspecified atom stereocenters. The first-order valence-electron chi connectivity index (χ1n) is 11.1. The van der Waals surface area contributed by atoms with Crippen LogP contribution in [0.2, 0.25) is 0 Å². The van der Waals surface area contributed by atoms with Gasteiger partial charge in [-0.3, -0.25) is 14.4 Å². The maximum absolute atomic E-state index is 13.9. The van der Waals surface area contributed by atoms with E-state index in [9.17, 15) is 19.5 Å². The lowest BCUT2D eigenvalue weighted by Crippen LogP contribution is -2.57. The lowest BCUT2D eigenvalue weighted by atomic mass is 9.74. The van der Waals surface area contributed by atoms with Gasteiger partial charge in [-0.2, -0.15) is 0 Å². The molecular formula is C23H32N2O5S. The Morgan fingerprint density at radius 3 is 2.58 bits per heavy atom. The zero-order valence-corrected chi connectivity index (χ0v) is 19.4. The number of hydrogen-bond donors (Lipinski definition) is 1. The number of aliphatic hydroxyl groups is 1. The van der Waals surface area contributed by atoms with Crippen LogP contribution in [-0.2, 0) is 19.1 Å². The van der Waals surface area contributed by atoms with Crippen molar-refractivity contribution in [3.63, 3.8) is 0 Å². The molecular weight excluding hydrogens is 416 g/mol. The molecule has 2 amide bonds. The molecule has 0 radical (unpaired) electrons. The number of amides is 2. The van der Waals surface area contributed by atoms with Gasteiger partial charge in [0.1, 0.15) is 6.04 Å². The van der Waals surface area contributed by atoms with Crippen molar-refractivity contribution in [2.45, 2.75) is 68.2 Å². The first-order chi connectivity index (χ1) is 14.7. The second-order valence-electron chi connectivity index (χ2n) is 9.47. The molecule has 1 spiro atoms. The van der Waals surface area contributed by atoms with Crippen LogP contribution < -0.4 is 0 Å². The molecule has 4 rings (SSSR count). The normalized spacial score (nSPS) is 39.8. The number of esters is 1. The van der Waals surface area contributed by atoms with Gasteiger partial charge in [0, 0.05) is 17.3 Å². The van der Waals surface area contributed by atoms with Crippen LogP contribution in [0, 0.1) is 11.8 Å². The van der Waals surface area contributed by atoms with Gasteiger partial charge in [-0.1, -0.05) is 24.3 Å². The number of hydrogen-bond acceptors (Lipinski definition) is 6. The molecule has 170 valence electrons. The van der Waals surface area contributed by atoms with Crippen molar-refractivity contribution in [3.8, 4) is 0 Å². The number of fused-ring (bicyclic) bond motifs is 2. The highest BCUT2D eigenvalue weighted by molar-refractivity contribution is 8.02. The van der Waals surface area contributed by atoms with Crippen molar-refractivity contribution in [1.29, 1.82) is 0 Å². The molecule has 4 aliphatic heterocycles. The maximum Gasteiger partial charge on any atom is 0.311 e. The van der Waals surface area contributed by atoms with E-state index in [-0.39, 0.29) is 30.4 Å². The Labute approximate surface area is 187 Å². The van der Waals surface area contributed by atoms with Crippen LogP contribution in [-0.4, -0.2) is 80.1 Å². The zero-order chi connectivity index (χ0) is 22.6. The van der Waals surface area contributed by atoms with Crippen molar-refractivity contribution >= 4 is 29.5 Å². The van der Waals surface area contributed by atoms with Crippen LogP contribution in [0.25, 0.3) is 0 Å². The van der Waals surface area contributed by atoms with E-state index in [1.165, 1.54) is 16.7 Å². The van der Waals surface area contributed by atoms with Crippen molar-refractivity contribution < 1.29 is 24.2 Å². The van der Waals surface area contributed by atoms with Gasteiger partial charge in [0.05, 0.1) is 35.8 Å². The Hall–Kier alpha value is -1.80. The van der Waals surface area contributed by atoms with Crippen molar-refractivity contribution in [2.24, 2.45) is 11.8 Å². The molecule has 6 atom stereocenters. The predicted octanol–water partition coefficient (Wildman–Crippen LogP) is 1.75. The van der Waals surface area contributed by atoms with Gasteiger partial charge < -0.3 is 19.6 Å². The Morgan fingerprint density at radius 1 is 1.16 bits per heavy atom. The highest BCUT2D eigenvalue weighted by Gasteiger charge is 2.74. The number of cyclic esters (lactones) is 1. The smallest absolute Gasteiger partial charge is 0.311 e. The lowest BCUT2D eigenvalue weighted by molar-refractivity contribution is -0.154. The molecule has 2 fully saturated rings. The van der Waals surface area contributed by atoms with Crippen LogP contribution in [0.3, 0.4) is 0 Å². The Kier molecular flexibility index (Phi) is 5.75. The maximum atomic E-state index is 13.9. The fraction of sp³-hybridized carbons (Fsp3) is 0.696. The van der Waals surface area contributed by atoms with Gasteiger partial charge in [-0.15, -0.1) is 11.8 Å². The SMILES string of the molecule is CC(C)N1CC=C[C@]23S[C@]4(C)/C=C\CCCOC(=O)[C@@H]4[C@H]2C(=O)N([C@H](C)CO)C3C1=O. The molecule has 4 heterocycles. The van der Waals surface area contributed by atoms with Gasteiger partial charge >= 0.3 is 5.97 Å². The van der Waals surface area contributed by atoms with E-state index < -0.39 is 33.4 Å². The van der Waals surface area contributed by atoms with E-state index in [0.29, 0.717) is 13.2 Å². The van der Waals surface area contributed by atoms with E-state index in [1.807, 2.05) is 39.0 Å². The number of nitrogens with zero attached hydrogens (tertiary/aromatic N) is 2. The van der Waals surface area contributed by atoms with E-state index >= 15 is 0 Å². The highest BCUT2D eigenvalue weighted by Crippen LogP contribution is 2.65. The molecule has 0 saturated carbocycles. The number of carbonyl (C=O) groups excluding carboxylic acids is 3. The first-order valence-corrected chi connectivity index (χ1v) is 12.0. The van der Waals surface area contributed by atoms with Gasteiger partial charge in [-0.25, -0.2) is 0 Å². The summed E-state index contributed by atoms with van der Waals surface area (Å²) in [4.78, 5) is 44.2. The number of rotatable bonds is 3. The van der Waals surface area contributed by atoms with E-state index in [2.05, 4.69) is 6.08 Å². The average Bonchev–Trinajstić information content (AvgIpc) is 3.07. The quantitative estimate of drug-likeness (QED) is 0.523. The van der Waals surface area contributed by atoms with Crippen LogP contribution >= 0.6 is 11.8 Å². The number of allylic oxidation sites excluding steroid dienone is 1. The molecule has 31 heavy (non-hydrogen) atoms. The molecule has 1 N–H and O–H groups in total. The van der Waals surface area contributed by atoms with E-state index in [1.54, 1.807) is 11.8 Å². The molecule has 4 aliphatic rings. The summed E-state index contributed by atoms with van der Waals surface area (Å²) < 4.78 is 4.04. The zero-order valence-electron chi connectivity index (χ0n) is 18.6. The van der Waals surface area contributed by atoms with E-state index in [4.69, 9.17) is 4.74 Å². The standard InChI is InChI=1S/C23H32N2O5S/c1-14(2)24-11-8-10-23-16(19(27)25(15(3)13-26)18(23)20(24)28)17-21(29)30-12-7-5-6-9-22(17,4)31-23/h6,8-10,14-18,26H,5,7,11-13H2,1-4H3/b9-6-/t15-,16+,17+,18?,22-,23+/m1/s1. The van der Waals surface area contributed by atoms with Gasteiger partial charge in [-0.05, 0) is 40.5 Å². The third kappa shape index (κ3) is 3.25. The van der Waals surface area contributed by atoms with Gasteiger partial charge in [0.25, 0.3) is 0 Å². The number of carbonyl (C=O) groups is 3. The Bertz CT molecular complexity index is 842. The first kappa shape index (κ1) is 22.4. The summed E-state index contributed by atoms with van der Waals surface area (Å²) in [5.41, 5.74) is 0. The Morgan fingerprint density at radius 2 is 1.90 bits per heavy atom. The molecule has 2 saturated heterocycles. The molecule has 0 aliphatic carbocycles. The molecule has 0 aromatic heterocycles. The monoisotopic (exact) mass is 448 g/mol. The van der Waals surface area contributed by atoms with E-state index in [0.717, 1.165) is 12.8 Å². The van der Waals surface area contributed by atoms with Crippen LogP contribution in [0.15, 0.2) is 24.3 Å². The molecule has 0 bridgehead atoms. The number of ether oxygens (including phenoxy) is 1. The minimum atomic E-state index is -0.886. The van der Waals surface area contributed by atoms with Crippen LogP contribution in [0.5, 0.6) is 0 Å². The summed E-state index contributed by atoms with van der Waals surface area (Å²) in [6.07, 6.45) is 9.60. The topological polar surface area (TPSA) is 87.2 Å². The largest absolute Gasteiger partial charge is 0.465 e. The van der Waals surface area contributed by atoms with Crippen molar-refractivity contribution in [1.82, 2.24) is 9.80 Å². The summed E-state index contributed by atoms with van der Waals surface area (Å²) in [6, 6.07) is -1.33. The second kappa shape index (κ2) is 7.96. The average molecular weight is 449 g/mol. The molecule has 0 aromatic rings. The summed E-state index contributed by atoms with van der Waals surface area (Å²) >= 11 is 1.53. The lowest BCUT2D eigenvalue weighted by Gasteiger charge is -2.39. The van der Waals surface area contributed by atoms with Crippen LogP contribution in [0.1, 0.15) is 40.5 Å². The number of aliphatic hydroxyl groups excluding tert-OH is 1. The minimum Gasteiger partial charge on any atom is -0.465 e. The summed E-state index contributed by atoms with van der Waals surface area (Å²) in [7, 11) is 0. The molecule has 8 heteroatoms. The van der Waals surface area contributed by atoms with Crippen LogP contribution in [0.4, 0.5) is 0 Å². The third-order valence-electron chi connectivity index (χ3n) is 7.08. The molecule has 0 aromatic carbocycles. The number of thioether (sulfide) groups is 1.